The Morgan fingerprint density at radius 3 is 2.65 bits per heavy atom. The molecule has 0 radical (unpaired) electrons. The number of amides is 1. The van der Waals surface area contributed by atoms with Gasteiger partial charge in [-0.15, -0.1) is 0 Å². The summed E-state index contributed by atoms with van der Waals surface area (Å²) in [4.78, 5) is 18.1. The highest BCUT2D eigenvalue weighted by molar-refractivity contribution is 6.46. The lowest BCUT2D eigenvalue weighted by Crippen LogP contribution is -2.32. The first-order valence-electron chi connectivity index (χ1n) is 7.18. The highest BCUT2D eigenvalue weighted by Crippen LogP contribution is 2.47. The number of pyridine rings is 1. The molecule has 0 bridgehead atoms. The smallest absolute Gasteiger partial charge is 0.249 e. The van der Waals surface area contributed by atoms with Crippen LogP contribution in [0.2, 0.25) is 10.0 Å². The van der Waals surface area contributed by atoms with E-state index in [0.717, 1.165) is 16.5 Å². The van der Waals surface area contributed by atoms with Gasteiger partial charge < -0.3 is 14.7 Å². The van der Waals surface area contributed by atoms with Crippen molar-refractivity contribution in [3.8, 4) is 5.75 Å². The third-order valence-corrected chi connectivity index (χ3v) is 5.27. The third kappa shape index (κ3) is 2.26. The van der Waals surface area contributed by atoms with E-state index in [2.05, 4.69) is 4.98 Å². The molecule has 0 saturated heterocycles. The quantitative estimate of drug-likeness (QED) is 0.896. The van der Waals surface area contributed by atoms with Gasteiger partial charge in [-0.3, -0.25) is 9.78 Å². The number of hydrogen-bond acceptors (Lipinski definition) is 4. The highest BCUT2D eigenvalue weighted by Gasteiger charge is 2.38. The number of carbonyl (C=O) groups is 1. The number of methoxy groups -OCH3 is 1. The molecular weight excluding hydrogens is 339 g/mol. The van der Waals surface area contributed by atoms with Crippen molar-refractivity contribution in [2.45, 2.75) is 25.9 Å². The van der Waals surface area contributed by atoms with E-state index in [1.54, 1.807) is 17.2 Å². The molecule has 0 aliphatic carbocycles. The van der Waals surface area contributed by atoms with E-state index in [1.807, 2.05) is 13.8 Å². The van der Waals surface area contributed by atoms with Crippen molar-refractivity contribution in [1.29, 1.82) is 0 Å². The summed E-state index contributed by atoms with van der Waals surface area (Å²) >= 11 is 12.5. The van der Waals surface area contributed by atoms with E-state index in [4.69, 9.17) is 27.9 Å². The van der Waals surface area contributed by atoms with E-state index >= 15 is 0 Å². The molecule has 1 aliphatic rings. The molecule has 1 aliphatic heterocycles. The number of aliphatic hydroxyl groups excluding tert-OH is 1. The van der Waals surface area contributed by atoms with Crippen molar-refractivity contribution in [1.82, 2.24) is 9.88 Å². The molecule has 5 nitrogen and oxygen atoms in total. The first-order chi connectivity index (χ1) is 10.9. The molecule has 0 unspecified atom stereocenters. The molecule has 1 amide bonds. The number of ether oxygens (including phenoxy) is 1. The molecule has 2 atom stereocenters. The Morgan fingerprint density at radius 1 is 1.35 bits per heavy atom. The maximum absolute atomic E-state index is 12.1. The zero-order valence-corrected chi connectivity index (χ0v) is 14.4. The number of benzene rings is 1. The summed E-state index contributed by atoms with van der Waals surface area (Å²) in [6.45, 7) is 3.31. The molecule has 2 heterocycles. The van der Waals surface area contributed by atoms with E-state index in [0.29, 0.717) is 21.3 Å². The molecule has 3 rings (SSSR count). The van der Waals surface area contributed by atoms with Gasteiger partial charge in [0.25, 0.3) is 0 Å². The molecule has 0 saturated carbocycles. The minimum absolute atomic E-state index is 0.169. The van der Waals surface area contributed by atoms with Crippen molar-refractivity contribution in [2.75, 3.05) is 13.7 Å². The maximum atomic E-state index is 12.1. The normalized spacial score (nSPS) is 20.0. The van der Waals surface area contributed by atoms with Crippen LogP contribution in [0.25, 0.3) is 10.9 Å². The summed E-state index contributed by atoms with van der Waals surface area (Å²) in [5.74, 6) is 0.146. The minimum Gasteiger partial charge on any atom is -0.495 e. The van der Waals surface area contributed by atoms with Crippen molar-refractivity contribution in [3.05, 3.63) is 33.4 Å². The van der Waals surface area contributed by atoms with Gasteiger partial charge in [0.1, 0.15) is 17.4 Å². The van der Waals surface area contributed by atoms with Gasteiger partial charge in [-0.1, -0.05) is 23.2 Å². The van der Waals surface area contributed by atoms with Crippen LogP contribution in [0.5, 0.6) is 5.75 Å². The van der Waals surface area contributed by atoms with Crippen LogP contribution in [0.1, 0.15) is 37.1 Å². The van der Waals surface area contributed by atoms with Crippen molar-refractivity contribution in [2.24, 2.45) is 0 Å². The topological polar surface area (TPSA) is 62.7 Å². The average Bonchev–Trinajstić information content (AvgIpc) is 2.81. The van der Waals surface area contributed by atoms with Crippen molar-refractivity contribution < 1.29 is 14.6 Å². The van der Waals surface area contributed by atoms with E-state index in [9.17, 15) is 9.90 Å². The van der Waals surface area contributed by atoms with Gasteiger partial charge in [-0.25, -0.2) is 0 Å². The van der Waals surface area contributed by atoms with Crippen LogP contribution >= 0.6 is 23.2 Å². The Hall–Kier alpha value is -1.56. The highest BCUT2D eigenvalue weighted by atomic mass is 35.5. The molecule has 1 aromatic heterocycles. The zero-order valence-electron chi connectivity index (χ0n) is 12.9. The van der Waals surface area contributed by atoms with Crippen molar-refractivity contribution >= 4 is 40.0 Å². The lowest BCUT2D eigenvalue weighted by atomic mass is 9.99. The van der Waals surface area contributed by atoms with Crippen LogP contribution in [0, 0.1) is 0 Å². The molecule has 2 aromatic rings. The summed E-state index contributed by atoms with van der Waals surface area (Å²) in [6, 6.07) is 1.43. The second-order valence-electron chi connectivity index (χ2n) is 5.54. The number of carbonyl (C=O) groups excluding carboxylic acids is 1. The summed E-state index contributed by atoms with van der Waals surface area (Å²) in [7, 11) is 1.52. The molecule has 7 heteroatoms. The van der Waals surface area contributed by atoms with Gasteiger partial charge in [0.2, 0.25) is 5.91 Å². The third-order valence-electron chi connectivity index (χ3n) is 4.43. The van der Waals surface area contributed by atoms with Crippen LogP contribution in [0.3, 0.4) is 0 Å². The Morgan fingerprint density at radius 2 is 2.04 bits per heavy atom. The van der Waals surface area contributed by atoms with Crippen LogP contribution in [0.4, 0.5) is 0 Å². The summed E-state index contributed by atoms with van der Waals surface area (Å²) in [5.41, 5.74) is 2.47. The van der Waals surface area contributed by atoms with Crippen LogP contribution in [-0.4, -0.2) is 34.6 Å². The first-order valence-corrected chi connectivity index (χ1v) is 7.94. The summed E-state index contributed by atoms with van der Waals surface area (Å²) in [5, 5.41) is 10.7. The number of aromatic nitrogens is 1. The number of rotatable bonds is 2. The SMILES string of the molecule is COc1cc2c3c(cnc2c(Cl)c1Cl)[C@@H](C)N(C(=O)CO)[C@H]3C. The van der Waals surface area contributed by atoms with Crippen LogP contribution in [0.15, 0.2) is 12.3 Å². The molecular formula is C16H16Cl2N2O3. The summed E-state index contributed by atoms with van der Waals surface area (Å²) in [6.07, 6.45) is 1.72. The summed E-state index contributed by atoms with van der Waals surface area (Å²) < 4.78 is 5.29. The van der Waals surface area contributed by atoms with Crippen LogP contribution in [-0.2, 0) is 4.79 Å². The molecule has 1 N–H and O–H groups in total. The van der Waals surface area contributed by atoms with E-state index in [1.165, 1.54) is 7.11 Å². The average molecular weight is 355 g/mol. The largest absolute Gasteiger partial charge is 0.495 e. The lowest BCUT2D eigenvalue weighted by molar-refractivity contribution is -0.137. The number of aliphatic hydroxyl groups is 1. The number of nitrogens with zero attached hydrogens (tertiary/aromatic N) is 2. The van der Waals surface area contributed by atoms with Gasteiger partial charge in [0.15, 0.2) is 0 Å². The standard InChI is InChI=1S/C16H16Cl2N2O3/c1-7-10-5-19-16-9(4-11(23-3)14(17)15(16)18)13(10)8(2)20(7)12(22)6-21/h4-5,7-8,21H,6H2,1-3H3/t7-,8+/m1/s1. The van der Waals surface area contributed by atoms with Gasteiger partial charge in [0.05, 0.1) is 29.7 Å². The lowest BCUT2D eigenvalue weighted by Gasteiger charge is -2.25. The Bertz CT molecular complexity index is 810. The van der Waals surface area contributed by atoms with Gasteiger partial charge >= 0.3 is 0 Å². The second-order valence-corrected chi connectivity index (χ2v) is 6.30. The fraction of sp³-hybridized carbons (Fsp3) is 0.375. The van der Waals surface area contributed by atoms with Gasteiger partial charge in [-0.2, -0.15) is 0 Å². The molecule has 0 fully saturated rings. The number of hydrogen-bond donors (Lipinski definition) is 1. The number of halogens is 2. The maximum Gasteiger partial charge on any atom is 0.249 e. The van der Waals surface area contributed by atoms with Crippen molar-refractivity contribution in [3.63, 3.8) is 0 Å². The number of fused-ring (bicyclic) bond motifs is 3. The van der Waals surface area contributed by atoms with Gasteiger partial charge in [-0.05, 0) is 31.0 Å². The second kappa shape index (κ2) is 5.82. The van der Waals surface area contributed by atoms with E-state index in [-0.39, 0.29) is 18.0 Å². The predicted octanol–water partition coefficient (Wildman–Crippen LogP) is 3.51. The Kier molecular flexibility index (Phi) is 4.12. The predicted molar refractivity (Wildman–Crippen MR) is 89.1 cm³/mol. The first kappa shape index (κ1) is 16.3. The Labute approximate surface area is 143 Å². The minimum atomic E-state index is -0.524. The molecule has 23 heavy (non-hydrogen) atoms. The fourth-order valence-corrected chi connectivity index (χ4v) is 3.83. The van der Waals surface area contributed by atoms with E-state index < -0.39 is 6.61 Å². The zero-order chi connectivity index (χ0) is 16.9. The molecule has 1 aromatic carbocycles. The fourth-order valence-electron chi connectivity index (χ4n) is 3.37. The molecule has 0 spiro atoms. The molecule has 122 valence electrons. The monoisotopic (exact) mass is 354 g/mol. The van der Waals surface area contributed by atoms with Gasteiger partial charge in [0, 0.05) is 11.6 Å². The van der Waals surface area contributed by atoms with Crippen LogP contribution < -0.4 is 4.74 Å². The Balaban J connectivity index is 2.30.